The van der Waals surface area contributed by atoms with E-state index >= 15 is 0 Å². The standard InChI is InChI=1S/C23H18N4O2S/c1-16-9-10-21(25-15-16)27-22(28)19-7-2-3-8-20(19)26-23(27)30-12-11-29-18-6-4-5-17(13-18)14-24/h2-10,13,15H,11-12H2,1H3. The topological polar surface area (TPSA) is 80.8 Å². The van der Waals surface area contributed by atoms with E-state index in [2.05, 4.69) is 11.1 Å². The number of ether oxygens (including phenoxy) is 1. The monoisotopic (exact) mass is 414 g/mol. The maximum absolute atomic E-state index is 13.2. The largest absolute Gasteiger partial charge is 0.493 e. The summed E-state index contributed by atoms with van der Waals surface area (Å²) in [5.74, 6) is 1.75. The molecule has 30 heavy (non-hydrogen) atoms. The second-order valence-corrected chi connectivity index (χ2v) is 7.64. The minimum absolute atomic E-state index is 0.151. The Morgan fingerprint density at radius 3 is 2.80 bits per heavy atom. The molecule has 0 unspecified atom stereocenters. The highest BCUT2D eigenvalue weighted by atomic mass is 32.2. The molecular formula is C23H18N4O2S. The SMILES string of the molecule is Cc1ccc(-n2c(SCCOc3cccc(C#N)c3)nc3ccccc3c2=O)nc1. The molecule has 4 aromatic rings. The Hall–Kier alpha value is -3.63. The molecule has 2 aromatic carbocycles. The molecule has 6 nitrogen and oxygen atoms in total. The summed E-state index contributed by atoms with van der Waals surface area (Å²) >= 11 is 1.43. The number of aromatic nitrogens is 3. The van der Waals surface area contributed by atoms with Crippen molar-refractivity contribution < 1.29 is 4.74 Å². The second kappa shape index (κ2) is 8.80. The average Bonchev–Trinajstić information content (AvgIpc) is 2.78. The van der Waals surface area contributed by atoms with Gasteiger partial charge in [-0.05, 0) is 48.9 Å². The number of rotatable bonds is 6. The Labute approximate surface area is 177 Å². The van der Waals surface area contributed by atoms with E-state index in [1.165, 1.54) is 11.8 Å². The van der Waals surface area contributed by atoms with Gasteiger partial charge in [0.2, 0.25) is 0 Å². The molecule has 0 aliphatic rings. The number of hydrogen-bond donors (Lipinski definition) is 0. The highest BCUT2D eigenvalue weighted by Gasteiger charge is 2.14. The minimum atomic E-state index is -0.151. The molecule has 0 fully saturated rings. The first kappa shape index (κ1) is 19.7. The maximum atomic E-state index is 13.2. The average molecular weight is 414 g/mol. The predicted molar refractivity (Wildman–Crippen MR) is 117 cm³/mol. The lowest BCUT2D eigenvalue weighted by molar-refractivity contribution is 0.343. The summed E-state index contributed by atoms with van der Waals surface area (Å²) < 4.78 is 7.29. The van der Waals surface area contributed by atoms with Crippen LogP contribution in [0.5, 0.6) is 5.75 Å². The van der Waals surface area contributed by atoms with Gasteiger partial charge in [0, 0.05) is 11.9 Å². The van der Waals surface area contributed by atoms with Gasteiger partial charge in [-0.2, -0.15) is 5.26 Å². The number of nitrogens with zero attached hydrogens (tertiary/aromatic N) is 4. The number of thioether (sulfide) groups is 1. The molecule has 0 aliphatic heterocycles. The van der Waals surface area contributed by atoms with Gasteiger partial charge >= 0.3 is 0 Å². The van der Waals surface area contributed by atoms with Crippen LogP contribution in [-0.4, -0.2) is 26.9 Å². The van der Waals surface area contributed by atoms with Crippen LogP contribution in [0.3, 0.4) is 0 Å². The van der Waals surface area contributed by atoms with Crippen LogP contribution in [0, 0.1) is 18.3 Å². The van der Waals surface area contributed by atoms with Gasteiger partial charge in [0.1, 0.15) is 11.6 Å². The molecule has 2 aromatic heterocycles. The van der Waals surface area contributed by atoms with E-state index in [0.717, 1.165) is 5.56 Å². The zero-order chi connectivity index (χ0) is 20.9. The van der Waals surface area contributed by atoms with E-state index in [4.69, 9.17) is 15.0 Å². The van der Waals surface area contributed by atoms with Crippen LogP contribution >= 0.6 is 11.8 Å². The number of hydrogen-bond acceptors (Lipinski definition) is 6. The lowest BCUT2D eigenvalue weighted by Gasteiger charge is -2.13. The van der Waals surface area contributed by atoms with Crippen LogP contribution in [0.15, 0.2) is 76.8 Å². The molecule has 4 rings (SSSR count). The molecule has 0 spiro atoms. The van der Waals surface area contributed by atoms with Gasteiger partial charge in [-0.3, -0.25) is 4.79 Å². The van der Waals surface area contributed by atoms with Crippen LogP contribution in [0.25, 0.3) is 16.7 Å². The number of aryl methyl sites for hydroxylation is 1. The van der Waals surface area contributed by atoms with Crippen LogP contribution < -0.4 is 10.3 Å². The van der Waals surface area contributed by atoms with Crippen molar-refractivity contribution in [1.82, 2.24) is 14.5 Å². The lowest BCUT2D eigenvalue weighted by Crippen LogP contribution is -2.23. The van der Waals surface area contributed by atoms with Crippen molar-refractivity contribution in [3.05, 3.63) is 88.3 Å². The third-order valence-corrected chi connectivity index (χ3v) is 5.32. The molecule has 0 saturated heterocycles. The van der Waals surface area contributed by atoms with Crippen LogP contribution in [0.4, 0.5) is 0 Å². The van der Waals surface area contributed by atoms with E-state index in [-0.39, 0.29) is 5.56 Å². The van der Waals surface area contributed by atoms with Crippen molar-refractivity contribution in [2.75, 3.05) is 12.4 Å². The van der Waals surface area contributed by atoms with E-state index < -0.39 is 0 Å². The van der Waals surface area contributed by atoms with Gasteiger partial charge < -0.3 is 4.74 Å². The third kappa shape index (κ3) is 4.19. The van der Waals surface area contributed by atoms with Crippen molar-refractivity contribution in [3.8, 4) is 17.6 Å². The Morgan fingerprint density at radius 1 is 1.13 bits per heavy atom. The Kier molecular flexibility index (Phi) is 5.77. The van der Waals surface area contributed by atoms with Crippen LogP contribution in [-0.2, 0) is 0 Å². The third-order valence-electron chi connectivity index (χ3n) is 4.42. The molecule has 2 heterocycles. The molecule has 148 valence electrons. The smallest absolute Gasteiger partial charge is 0.267 e. The minimum Gasteiger partial charge on any atom is -0.493 e. The van der Waals surface area contributed by atoms with Gasteiger partial charge in [0.15, 0.2) is 5.16 Å². The fraction of sp³-hybridized carbons (Fsp3) is 0.130. The van der Waals surface area contributed by atoms with Gasteiger partial charge in [-0.25, -0.2) is 14.5 Å². The second-order valence-electron chi connectivity index (χ2n) is 6.58. The fourth-order valence-corrected chi connectivity index (χ4v) is 3.77. The highest BCUT2D eigenvalue weighted by Crippen LogP contribution is 2.21. The summed E-state index contributed by atoms with van der Waals surface area (Å²) in [6.07, 6.45) is 1.73. The Balaban J connectivity index is 1.60. The fourth-order valence-electron chi connectivity index (χ4n) is 2.95. The number of para-hydroxylation sites is 1. The Bertz CT molecular complexity index is 1290. The molecule has 0 atom stereocenters. The van der Waals surface area contributed by atoms with Gasteiger partial charge in [-0.15, -0.1) is 0 Å². The summed E-state index contributed by atoms with van der Waals surface area (Å²) in [4.78, 5) is 22.3. The first-order valence-electron chi connectivity index (χ1n) is 9.36. The molecule has 0 radical (unpaired) electrons. The van der Waals surface area contributed by atoms with Crippen molar-refractivity contribution >= 4 is 22.7 Å². The zero-order valence-electron chi connectivity index (χ0n) is 16.3. The van der Waals surface area contributed by atoms with Crippen LogP contribution in [0.1, 0.15) is 11.1 Å². The molecule has 0 bridgehead atoms. The van der Waals surface area contributed by atoms with Gasteiger partial charge in [0.25, 0.3) is 5.56 Å². The van der Waals surface area contributed by atoms with Crippen LogP contribution in [0.2, 0.25) is 0 Å². The molecule has 7 heteroatoms. The number of benzene rings is 2. The summed E-state index contributed by atoms with van der Waals surface area (Å²) in [6.45, 7) is 2.36. The van der Waals surface area contributed by atoms with Crippen molar-refractivity contribution in [2.24, 2.45) is 0 Å². The quantitative estimate of drug-likeness (QED) is 0.268. The zero-order valence-corrected chi connectivity index (χ0v) is 17.1. The van der Waals surface area contributed by atoms with Crippen molar-refractivity contribution in [3.63, 3.8) is 0 Å². The van der Waals surface area contributed by atoms with Crippen molar-refractivity contribution in [2.45, 2.75) is 12.1 Å². The summed E-state index contributed by atoms with van der Waals surface area (Å²) in [6, 6.07) is 20.2. The summed E-state index contributed by atoms with van der Waals surface area (Å²) in [5.41, 5.74) is 2.07. The number of nitriles is 1. The number of pyridine rings is 1. The Morgan fingerprint density at radius 2 is 2.00 bits per heavy atom. The summed E-state index contributed by atoms with van der Waals surface area (Å²) in [7, 11) is 0. The predicted octanol–water partition coefficient (Wildman–Crippen LogP) is 4.13. The molecular weight excluding hydrogens is 396 g/mol. The van der Waals surface area contributed by atoms with E-state index in [0.29, 0.717) is 45.5 Å². The lowest BCUT2D eigenvalue weighted by atomic mass is 10.2. The first-order chi connectivity index (χ1) is 14.7. The highest BCUT2D eigenvalue weighted by molar-refractivity contribution is 7.99. The molecule has 0 aliphatic carbocycles. The van der Waals surface area contributed by atoms with Crippen molar-refractivity contribution in [1.29, 1.82) is 5.26 Å². The molecule has 0 saturated carbocycles. The summed E-state index contributed by atoms with van der Waals surface area (Å²) in [5, 5.41) is 10.1. The van der Waals surface area contributed by atoms with Gasteiger partial charge in [0.05, 0.1) is 29.1 Å². The first-order valence-corrected chi connectivity index (χ1v) is 10.3. The van der Waals surface area contributed by atoms with E-state index in [9.17, 15) is 4.79 Å². The van der Waals surface area contributed by atoms with Gasteiger partial charge in [-0.1, -0.05) is 36.0 Å². The molecule has 0 amide bonds. The molecule has 0 N–H and O–H groups in total. The normalized spacial score (nSPS) is 10.7. The van der Waals surface area contributed by atoms with E-state index in [1.807, 2.05) is 43.3 Å². The van der Waals surface area contributed by atoms with E-state index in [1.54, 1.807) is 35.0 Å². The maximum Gasteiger partial charge on any atom is 0.267 e. The number of fused-ring (bicyclic) bond motifs is 1.